The van der Waals surface area contributed by atoms with E-state index in [1.165, 1.54) is 12.1 Å². The molecule has 3 rings (SSSR count). The lowest BCUT2D eigenvalue weighted by molar-refractivity contribution is -0.384. The Morgan fingerprint density at radius 1 is 1.00 bits per heavy atom. The van der Waals surface area contributed by atoms with E-state index < -0.39 is 4.92 Å². The summed E-state index contributed by atoms with van der Waals surface area (Å²) in [5.41, 5.74) is 2.94. The van der Waals surface area contributed by atoms with Crippen LogP contribution in [0.15, 0.2) is 60.7 Å². The minimum Gasteiger partial charge on any atom is -0.494 e. The Kier molecular flexibility index (Phi) is 7.94. The molecule has 3 aromatic carbocycles. The van der Waals surface area contributed by atoms with Crippen LogP contribution in [0.25, 0.3) is 0 Å². The Bertz CT molecular complexity index is 1020. The molecule has 31 heavy (non-hydrogen) atoms. The van der Waals surface area contributed by atoms with Gasteiger partial charge in [-0.2, -0.15) is 0 Å². The first-order chi connectivity index (χ1) is 15.0. The minimum atomic E-state index is -0.420. The zero-order chi connectivity index (χ0) is 22.2. The molecule has 0 aliphatic heterocycles. The molecule has 0 spiro atoms. The average molecular weight is 534 g/mol. The number of anilines is 1. The van der Waals surface area contributed by atoms with Crippen LogP contribution in [0.3, 0.4) is 0 Å². The number of methoxy groups -OCH3 is 1. The summed E-state index contributed by atoms with van der Waals surface area (Å²) in [6.07, 6.45) is 0. The molecule has 0 aliphatic carbocycles. The number of benzene rings is 3. The lowest BCUT2D eigenvalue weighted by Gasteiger charge is -2.15. The van der Waals surface area contributed by atoms with Gasteiger partial charge in [-0.15, -0.1) is 0 Å². The van der Waals surface area contributed by atoms with Crippen molar-refractivity contribution >= 4 is 34.0 Å². The van der Waals surface area contributed by atoms with E-state index in [1.807, 2.05) is 43.3 Å². The zero-order valence-corrected chi connectivity index (χ0v) is 19.4. The molecule has 0 aromatic heterocycles. The number of nitro groups is 1. The van der Waals surface area contributed by atoms with Crippen LogP contribution in [0.4, 0.5) is 11.4 Å². The van der Waals surface area contributed by atoms with Crippen molar-refractivity contribution in [2.24, 2.45) is 0 Å². The Hall–Kier alpha value is -3.01. The predicted molar refractivity (Wildman–Crippen MR) is 128 cm³/mol. The van der Waals surface area contributed by atoms with Gasteiger partial charge in [0.15, 0.2) is 11.5 Å². The Morgan fingerprint density at radius 2 is 1.71 bits per heavy atom. The molecule has 0 heterocycles. The highest BCUT2D eigenvalue weighted by molar-refractivity contribution is 14.1. The molecule has 0 unspecified atom stereocenters. The van der Waals surface area contributed by atoms with Gasteiger partial charge in [0.2, 0.25) is 0 Å². The summed E-state index contributed by atoms with van der Waals surface area (Å²) in [6, 6.07) is 18.1. The van der Waals surface area contributed by atoms with Crippen molar-refractivity contribution in [1.82, 2.24) is 0 Å². The minimum absolute atomic E-state index is 0.0558. The van der Waals surface area contributed by atoms with Gasteiger partial charge in [-0.05, 0) is 89.2 Å². The third-order valence-electron chi connectivity index (χ3n) is 4.48. The SMILES string of the molecule is CCOc1ccc(NCc2cc(I)c(OCc3ccc([N+](=O)[O-])cc3)c(OC)c2)cc1. The van der Waals surface area contributed by atoms with E-state index in [0.717, 1.165) is 26.1 Å². The van der Waals surface area contributed by atoms with Crippen molar-refractivity contribution in [2.75, 3.05) is 19.0 Å². The first-order valence-electron chi connectivity index (χ1n) is 9.69. The molecule has 0 fully saturated rings. The van der Waals surface area contributed by atoms with Crippen molar-refractivity contribution in [2.45, 2.75) is 20.1 Å². The highest BCUT2D eigenvalue weighted by atomic mass is 127. The molecule has 0 aliphatic rings. The van der Waals surface area contributed by atoms with Crippen molar-refractivity contribution < 1.29 is 19.1 Å². The molecule has 8 heteroatoms. The van der Waals surface area contributed by atoms with Gasteiger partial charge in [-0.3, -0.25) is 10.1 Å². The van der Waals surface area contributed by atoms with Crippen LogP contribution in [-0.2, 0) is 13.2 Å². The summed E-state index contributed by atoms with van der Waals surface area (Å²) in [5, 5.41) is 14.2. The lowest BCUT2D eigenvalue weighted by atomic mass is 10.2. The number of hydrogen-bond donors (Lipinski definition) is 1. The van der Waals surface area contributed by atoms with Gasteiger partial charge in [0, 0.05) is 24.4 Å². The summed E-state index contributed by atoms with van der Waals surface area (Å²) in [4.78, 5) is 10.4. The first kappa shape index (κ1) is 22.7. The van der Waals surface area contributed by atoms with Crippen LogP contribution >= 0.6 is 22.6 Å². The number of nitrogens with one attached hydrogen (secondary N) is 1. The summed E-state index contributed by atoms with van der Waals surface area (Å²) < 4.78 is 17.9. The molecule has 3 aromatic rings. The molecule has 0 atom stereocenters. The highest BCUT2D eigenvalue weighted by Gasteiger charge is 2.13. The summed E-state index contributed by atoms with van der Waals surface area (Å²) in [6.45, 7) is 3.52. The normalized spacial score (nSPS) is 10.4. The van der Waals surface area contributed by atoms with Gasteiger partial charge in [0.1, 0.15) is 12.4 Å². The van der Waals surface area contributed by atoms with E-state index in [2.05, 4.69) is 27.9 Å². The third kappa shape index (κ3) is 6.24. The fourth-order valence-corrected chi connectivity index (χ4v) is 3.75. The number of ether oxygens (including phenoxy) is 3. The van der Waals surface area contributed by atoms with Crippen LogP contribution < -0.4 is 19.5 Å². The number of non-ortho nitro benzene ring substituents is 1. The van der Waals surface area contributed by atoms with E-state index in [1.54, 1.807) is 19.2 Å². The molecular formula is C23H23IN2O5. The molecule has 0 saturated heterocycles. The molecule has 0 radical (unpaired) electrons. The van der Waals surface area contributed by atoms with Gasteiger partial charge in [-0.25, -0.2) is 0 Å². The Balaban J connectivity index is 1.65. The molecular weight excluding hydrogens is 511 g/mol. The standard InChI is InChI=1S/C23H23IN2O5/c1-3-30-20-10-6-18(7-11-20)25-14-17-12-21(24)23(22(13-17)29-2)31-15-16-4-8-19(9-5-16)26(27)28/h4-13,25H,3,14-15H2,1-2H3. The summed E-state index contributed by atoms with van der Waals surface area (Å²) >= 11 is 2.22. The summed E-state index contributed by atoms with van der Waals surface area (Å²) in [5.74, 6) is 2.13. The molecule has 1 N–H and O–H groups in total. The number of halogens is 1. The zero-order valence-electron chi connectivity index (χ0n) is 17.3. The second-order valence-electron chi connectivity index (χ2n) is 6.63. The maximum Gasteiger partial charge on any atom is 0.269 e. The van der Waals surface area contributed by atoms with Gasteiger partial charge in [-0.1, -0.05) is 0 Å². The fraction of sp³-hybridized carbons (Fsp3) is 0.217. The predicted octanol–water partition coefficient (Wildman–Crippen LogP) is 5.80. The smallest absolute Gasteiger partial charge is 0.269 e. The first-order valence-corrected chi connectivity index (χ1v) is 10.8. The largest absolute Gasteiger partial charge is 0.494 e. The van der Waals surface area contributed by atoms with E-state index in [4.69, 9.17) is 14.2 Å². The van der Waals surface area contributed by atoms with Crippen LogP contribution in [0, 0.1) is 13.7 Å². The quantitative estimate of drug-likeness (QED) is 0.201. The fourth-order valence-electron chi connectivity index (χ4n) is 2.92. The van der Waals surface area contributed by atoms with Crippen LogP contribution in [0.2, 0.25) is 0 Å². The molecule has 0 saturated carbocycles. The molecule has 162 valence electrons. The van der Waals surface area contributed by atoms with E-state index in [9.17, 15) is 10.1 Å². The number of nitrogens with zero attached hydrogens (tertiary/aromatic N) is 1. The van der Waals surface area contributed by atoms with Crippen LogP contribution in [0.5, 0.6) is 17.2 Å². The molecule has 0 bridgehead atoms. The molecule has 7 nitrogen and oxygen atoms in total. The van der Waals surface area contributed by atoms with Crippen molar-refractivity contribution in [1.29, 1.82) is 0 Å². The Labute approximate surface area is 194 Å². The number of hydrogen-bond acceptors (Lipinski definition) is 6. The van der Waals surface area contributed by atoms with Crippen molar-refractivity contribution in [3.8, 4) is 17.2 Å². The van der Waals surface area contributed by atoms with Gasteiger partial charge < -0.3 is 19.5 Å². The summed E-state index contributed by atoms with van der Waals surface area (Å²) in [7, 11) is 1.60. The second-order valence-corrected chi connectivity index (χ2v) is 7.79. The van der Waals surface area contributed by atoms with Crippen molar-refractivity contribution in [3.63, 3.8) is 0 Å². The number of rotatable bonds is 10. The van der Waals surface area contributed by atoms with E-state index in [0.29, 0.717) is 24.7 Å². The topological polar surface area (TPSA) is 82.9 Å². The van der Waals surface area contributed by atoms with Gasteiger partial charge >= 0.3 is 0 Å². The van der Waals surface area contributed by atoms with E-state index >= 15 is 0 Å². The van der Waals surface area contributed by atoms with Gasteiger partial charge in [0.05, 0.1) is 22.2 Å². The highest BCUT2D eigenvalue weighted by Crippen LogP contribution is 2.35. The average Bonchev–Trinajstić information content (AvgIpc) is 2.78. The van der Waals surface area contributed by atoms with Crippen molar-refractivity contribution in [3.05, 3.63) is 85.5 Å². The maximum absolute atomic E-state index is 10.8. The monoisotopic (exact) mass is 534 g/mol. The van der Waals surface area contributed by atoms with E-state index in [-0.39, 0.29) is 12.3 Å². The number of nitro benzene ring substituents is 1. The van der Waals surface area contributed by atoms with Gasteiger partial charge in [0.25, 0.3) is 5.69 Å². The molecule has 0 amide bonds. The maximum atomic E-state index is 10.8. The van der Waals surface area contributed by atoms with Crippen LogP contribution in [-0.4, -0.2) is 18.6 Å². The second kappa shape index (κ2) is 10.9. The lowest BCUT2D eigenvalue weighted by Crippen LogP contribution is -2.04. The van der Waals surface area contributed by atoms with Crippen LogP contribution in [0.1, 0.15) is 18.1 Å². The Morgan fingerprint density at radius 3 is 2.32 bits per heavy atom. The third-order valence-corrected chi connectivity index (χ3v) is 5.28.